The molecular formula is C16H21N3O5. The maximum atomic E-state index is 11.7. The summed E-state index contributed by atoms with van der Waals surface area (Å²) in [7, 11) is 1.66. The summed E-state index contributed by atoms with van der Waals surface area (Å²) in [6, 6.07) is 3.09. The summed E-state index contributed by atoms with van der Waals surface area (Å²) in [5.41, 5.74) is 1.57. The van der Waals surface area contributed by atoms with E-state index in [0.29, 0.717) is 24.5 Å². The number of hydrogen-bond acceptors (Lipinski definition) is 6. The maximum absolute atomic E-state index is 11.7. The van der Waals surface area contributed by atoms with Crippen molar-refractivity contribution in [3.63, 3.8) is 0 Å². The zero-order chi connectivity index (χ0) is 17.1. The summed E-state index contributed by atoms with van der Waals surface area (Å²) in [5, 5.41) is 13.8. The van der Waals surface area contributed by atoms with Crippen LogP contribution in [0, 0.1) is 16.0 Å². The number of carbonyl (C=O) groups is 1. The van der Waals surface area contributed by atoms with Gasteiger partial charge in [0, 0.05) is 42.8 Å². The number of rotatable bonds is 4. The number of hydrogen-bond donors (Lipinski definition) is 1. The number of amides is 1. The third kappa shape index (κ3) is 3.49. The van der Waals surface area contributed by atoms with Gasteiger partial charge in [0.25, 0.3) is 5.69 Å². The fraction of sp³-hybridized carbons (Fsp3) is 0.562. The molecule has 1 amide bonds. The Kier molecular flexibility index (Phi) is 4.96. The fourth-order valence-electron chi connectivity index (χ4n) is 3.30. The maximum Gasteiger partial charge on any atom is 0.270 e. The van der Waals surface area contributed by atoms with Crippen LogP contribution >= 0.6 is 0 Å². The molecule has 1 aromatic carbocycles. The van der Waals surface area contributed by atoms with Gasteiger partial charge in [-0.1, -0.05) is 0 Å². The van der Waals surface area contributed by atoms with Crippen LogP contribution in [0.2, 0.25) is 0 Å². The van der Waals surface area contributed by atoms with Crippen LogP contribution in [0.5, 0.6) is 5.75 Å². The van der Waals surface area contributed by atoms with E-state index in [0.717, 1.165) is 31.5 Å². The third-order valence-corrected chi connectivity index (χ3v) is 4.58. The highest BCUT2D eigenvalue weighted by Gasteiger charge is 2.27. The number of nitrogens with zero attached hydrogens (tertiary/aromatic N) is 2. The van der Waals surface area contributed by atoms with Crippen molar-refractivity contribution in [1.82, 2.24) is 10.2 Å². The van der Waals surface area contributed by atoms with E-state index in [4.69, 9.17) is 9.47 Å². The van der Waals surface area contributed by atoms with Gasteiger partial charge in [-0.15, -0.1) is 0 Å². The van der Waals surface area contributed by atoms with E-state index in [1.807, 2.05) is 0 Å². The van der Waals surface area contributed by atoms with Gasteiger partial charge in [0.05, 0.1) is 11.5 Å². The van der Waals surface area contributed by atoms with Gasteiger partial charge in [-0.05, 0) is 25.9 Å². The van der Waals surface area contributed by atoms with Crippen LogP contribution in [-0.4, -0.2) is 42.7 Å². The third-order valence-electron chi connectivity index (χ3n) is 4.58. The summed E-state index contributed by atoms with van der Waals surface area (Å²) >= 11 is 0. The Morgan fingerprint density at radius 2 is 2.17 bits per heavy atom. The molecule has 130 valence electrons. The molecule has 0 unspecified atom stereocenters. The van der Waals surface area contributed by atoms with Crippen LogP contribution in [0.1, 0.15) is 24.0 Å². The molecule has 0 radical (unpaired) electrons. The van der Waals surface area contributed by atoms with E-state index >= 15 is 0 Å². The molecule has 0 aromatic heterocycles. The normalized spacial score (nSPS) is 18.5. The first kappa shape index (κ1) is 16.7. The number of benzene rings is 1. The first-order chi connectivity index (χ1) is 11.6. The molecule has 8 nitrogen and oxygen atoms in total. The van der Waals surface area contributed by atoms with Crippen molar-refractivity contribution in [1.29, 1.82) is 0 Å². The van der Waals surface area contributed by atoms with Crippen molar-refractivity contribution in [3.05, 3.63) is 33.4 Å². The first-order valence-electron chi connectivity index (χ1n) is 8.03. The lowest BCUT2D eigenvalue weighted by atomic mass is 9.95. The summed E-state index contributed by atoms with van der Waals surface area (Å²) in [6.45, 7) is 2.63. The molecule has 2 heterocycles. The minimum atomic E-state index is -0.393. The number of non-ortho nitro benzene ring substituents is 1. The molecule has 0 atom stereocenters. The Balaban J connectivity index is 1.74. The molecule has 1 N–H and O–H groups in total. The number of ether oxygens (including phenoxy) is 2. The highest BCUT2D eigenvalue weighted by molar-refractivity contribution is 5.78. The number of carbonyl (C=O) groups excluding carboxylic acids is 1. The van der Waals surface area contributed by atoms with Crippen LogP contribution in [0.3, 0.4) is 0 Å². The lowest BCUT2D eigenvalue weighted by Gasteiger charge is -2.32. The Morgan fingerprint density at radius 1 is 1.42 bits per heavy atom. The molecule has 24 heavy (non-hydrogen) atoms. The predicted molar refractivity (Wildman–Crippen MR) is 85.4 cm³/mol. The topological polar surface area (TPSA) is 93.9 Å². The van der Waals surface area contributed by atoms with Gasteiger partial charge in [-0.3, -0.25) is 19.8 Å². The Labute approximate surface area is 139 Å². The zero-order valence-corrected chi connectivity index (χ0v) is 13.6. The molecular weight excluding hydrogens is 314 g/mol. The van der Waals surface area contributed by atoms with Gasteiger partial charge in [0.2, 0.25) is 5.91 Å². The van der Waals surface area contributed by atoms with Crippen LogP contribution in [0.4, 0.5) is 5.69 Å². The Hall–Kier alpha value is -2.19. The van der Waals surface area contributed by atoms with Crippen molar-refractivity contribution in [2.75, 3.05) is 26.9 Å². The highest BCUT2D eigenvalue weighted by Crippen LogP contribution is 2.34. The molecule has 0 aliphatic carbocycles. The average molecular weight is 335 g/mol. The van der Waals surface area contributed by atoms with Crippen molar-refractivity contribution < 1.29 is 19.2 Å². The van der Waals surface area contributed by atoms with Gasteiger partial charge in [0.1, 0.15) is 5.75 Å². The van der Waals surface area contributed by atoms with E-state index < -0.39 is 4.92 Å². The molecule has 2 aliphatic rings. The standard InChI is InChI=1S/C16H21N3O5/c1-17-16(20)11-2-4-18(5-3-11)8-12-6-14(19(21)22)7-13-9-23-10-24-15(12)13/h6-7,11H,2-5,8-10H2,1H3,(H,17,20). The molecule has 1 saturated heterocycles. The number of nitro groups is 1. The summed E-state index contributed by atoms with van der Waals surface area (Å²) in [6.07, 6.45) is 1.58. The lowest BCUT2D eigenvalue weighted by Crippen LogP contribution is -2.39. The van der Waals surface area contributed by atoms with Gasteiger partial charge in [0.15, 0.2) is 6.79 Å². The van der Waals surface area contributed by atoms with Gasteiger partial charge < -0.3 is 14.8 Å². The molecule has 0 saturated carbocycles. The van der Waals surface area contributed by atoms with Crippen molar-refractivity contribution in [2.24, 2.45) is 5.92 Å². The van der Waals surface area contributed by atoms with E-state index in [-0.39, 0.29) is 24.3 Å². The molecule has 8 heteroatoms. The highest BCUT2D eigenvalue weighted by atomic mass is 16.7. The van der Waals surface area contributed by atoms with Crippen molar-refractivity contribution in [3.8, 4) is 5.75 Å². The average Bonchev–Trinajstić information content (AvgIpc) is 2.61. The molecule has 3 rings (SSSR count). The predicted octanol–water partition coefficient (Wildman–Crippen LogP) is 1.42. The van der Waals surface area contributed by atoms with Crippen LogP contribution in [-0.2, 0) is 22.7 Å². The smallest absolute Gasteiger partial charge is 0.270 e. The largest absolute Gasteiger partial charge is 0.467 e. The number of piperidine rings is 1. The van der Waals surface area contributed by atoms with Crippen molar-refractivity contribution in [2.45, 2.75) is 26.0 Å². The Morgan fingerprint density at radius 3 is 2.83 bits per heavy atom. The van der Waals surface area contributed by atoms with E-state index in [1.165, 1.54) is 6.07 Å². The van der Waals surface area contributed by atoms with Crippen LogP contribution in [0.25, 0.3) is 0 Å². The van der Waals surface area contributed by atoms with Crippen molar-refractivity contribution >= 4 is 11.6 Å². The lowest BCUT2D eigenvalue weighted by molar-refractivity contribution is -0.385. The second-order valence-electron chi connectivity index (χ2n) is 6.13. The number of fused-ring (bicyclic) bond motifs is 1. The monoisotopic (exact) mass is 335 g/mol. The number of nitro benzene ring substituents is 1. The van der Waals surface area contributed by atoms with E-state index in [9.17, 15) is 14.9 Å². The first-order valence-corrected chi connectivity index (χ1v) is 8.03. The number of nitrogens with one attached hydrogen (secondary N) is 1. The summed E-state index contributed by atoms with van der Waals surface area (Å²) in [4.78, 5) is 24.7. The summed E-state index contributed by atoms with van der Waals surface area (Å²) in [5.74, 6) is 0.832. The van der Waals surface area contributed by atoms with E-state index in [1.54, 1.807) is 13.1 Å². The number of likely N-dealkylation sites (tertiary alicyclic amines) is 1. The molecule has 0 bridgehead atoms. The quantitative estimate of drug-likeness (QED) is 0.661. The fourth-order valence-corrected chi connectivity index (χ4v) is 3.30. The second-order valence-corrected chi connectivity index (χ2v) is 6.13. The molecule has 1 fully saturated rings. The molecule has 1 aromatic rings. The summed E-state index contributed by atoms with van der Waals surface area (Å²) < 4.78 is 10.8. The second kappa shape index (κ2) is 7.14. The van der Waals surface area contributed by atoms with Crippen LogP contribution < -0.4 is 10.1 Å². The molecule has 2 aliphatic heterocycles. The zero-order valence-electron chi connectivity index (χ0n) is 13.6. The van der Waals surface area contributed by atoms with Gasteiger partial charge in [-0.25, -0.2) is 0 Å². The molecule has 0 spiro atoms. The van der Waals surface area contributed by atoms with E-state index in [2.05, 4.69) is 10.2 Å². The minimum absolute atomic E-state index is 0.0509. The van der Waals surface area contributed by atoms with Gasteiger partial charge >= 0.3 is 0 Å². The SMILES string of the molecule is CNC(=O)C1CCN(Cc2cc([N+](=O)[O-])cc3c2OCOC3)CC1. The van der Waals surface area contributed by atoms with Gasteiger partial charge in [-0.2, -0.15) is 0 Å². The minimum Gasteiger partial charge on any atom is -0.467 e. The van der Waals surface area contributed by atoms with Crippen LogP contribution in [0.15, 0.2) is 12.1 Å². The Bertz CT molecular complexity index is 641.